The van der Waals surface area contributed by atoms with E-state index in [0.717, 1.165) is 14.2 Å². The molecule has 1 heterocycles. The van der Waals surface area contributed by atoms with Crippen LogP contribution in [-0.2, 0) is 0 Å². The molecule has 0 aliphatic heterocycles. The lowest BCUT2D eigenvalue weighted by atomic mass is 10.1. The number of benzene rings is 1. The van der Waals surface area contributed by atoms with E-state index in [1.165, 1.54) is 0 Å². The summed E-state index contributed by atoms with van der Waals surface area (Å²) in [6.45, 7) is 1.95. The number of ether oxygens (including phenoxy) is 1. The minimum Gasteiger partial charge on any atom is -0.496 e. The van der Waals surface area contributed by atoms with Crippen molar-refractivity contribution < 1.29 is 9.53 Å². The second-order valence-electron chi connectivity index (χ2n) is 4.08. The Morgan fingerprint density at radius 2 is 2.16 bits per heavy atom. The summed E-state index contributed by atoms with van der Waals surface area (Å²) >= 11 is 3.77. The smallest absolute Gasteiger partial charge is 0.252 e. The molecule has 1 N–H and O–H groups in total. The van der Waals surface area contributed by atoms with E-state index >= 15 is 0 Å². The number of carbonyl (C=O) groups is 1. The molecule has 0 bridgehead atoms. The SMILES string of the molecule is COc1ccccc1C(C)NC(=O)c1csc(I)c1. The molecular formula is C14H14INO2S. The number of para-hydroxylation sites is 1. The number of methoxy groups -OCH3 is 1. The summed E-state index contributed by atoms with van der Waals surface area (Å²) in [5, 5.41) is 4.85. The van der Waals surface area contributed by atoms with Crippen LogP contribution in [0.15, 0.2) is 35.7 Å². The average molecular weight is 387 g/mol. The number of hydrogen-bond donors (Lipinski definition) is 1. The van der Waals surface area contributed by atoms with E-state index < -0.39 is 0 Å². The van der Waals surface area contributed by atoms with Crippen molar-refractivity contribution in [1.82, 2.24) is 5.32 Å². The van der Waals surface area contributed by atoms with Crippen molar-refractivity contribution in [2.24, 2.45) is 0 Å². The third-order valence-corrected chi connectivity index (χ3v) is 4.57. The highest BCUT2D eigenvalue weighted by molar-refractivity contribution is 14.1. The standard InChI is InChI=1S/C14H14INO2S/c1-9(11-5-3-4-6-12(11)18-2)16-14(17)10-7-13(15)19-8-10/h3-9H,1-2H3,(H,16,17). The summed E-state index contributed by atoms with van der Waals surface area (Å²) in [6.07, 6.45) is 0. The van der Waals surface area contributed by atoms with Crippen molar-refractivity contribution in [2.75, 3.05) is 7.11 Å². The Kier molecular flexibility index (Phi) is 4.81. The van der Waals surface area contributed by atoms with Gasteiger partial charge in [0.2, 0.25) is 0 Å². The van der Waals surface area contributed by atoms with Crippen LogP contribution in [0.4, 0.5) is 0 Å². The number of hydrogen-bond acceptors (Lipinski definition) is 3. The predicted octanol–water partition coefficient (Wildman–Crippen LogP) is 3.85. The van der Waals surface area contributed by atoms with Crippen molar-refractivity contribution in [2.45, 2.75) is 13.0 Å². The maximum absolute atomic E-state index is 12.1. The summed E-state index contributed by atoms with van der Waals surface area (Å²) in [6, 6.07) is 9.50. The molecule has 1 aromatic carbocycles. The molecule has 0 aliphatic rings. The van der Waals surface area contributed by atoms with E-state index in [4.69, 9.17) is 4.74 Å². The molecule has 5 heteroatoms. The lowest BCUT2D eigenvalue weighted by Crippen LogP contribution is -2.26. The fourth-order valence-corrected chi connectivity index (χ4v) is 3.14. The number of nitrogens with one attached hydrogen (secondary N) is 1. The van der Waals surface area contributed by atoms with Gasteiger partial charge in [0.05, 0.1) is 21.6 Å². The maximum atomic E-state index is 12.1. The van der Waals surface area contributed by atoms with Crippen LogP contribution >= 0.6 is 33.9 Å². The minimum absolute atomic E-state index is 0.0578. The van der Waals surface area contributed by atoms with E-state index in [-0.39, 0.29) is 11.9 Å². The third kappa shape index (κ3) is 3.48. The molecule has 100 valence electrons. The Bertz CT molecular complexity index is 582. The van der Waals surface area contributed by atoms with Gasteiger partial charge in [-0.2, -0.15) is 0 Å². The van der Waals surface area contributed by atoms with Crippen LogP contribution in [0.1, 0.15) is 28.9 Å². The Hall–Kier alpha value is -1.08. The number of halogens is 1. The first-order chi connectivity index (χ1) is 9.11. The molecule has 0 saturated carbocycles. The quantitative estimate of drug-likeness (QED) is 0.810. The molecule has 2 rings (SSSR count). The van der Waals surface area contributed by atoms with Crippen LogP contribution in [0.3, 0.4) is 0 Å². The van der Waals surface area contributed by atoms with Crippen LogP contribution in [0.2, 0.25) is 0 Å². The van der Waals surface area contributed by atoms with Crippen molar-refractivity contribution in [3.8, 4) is 5.75 Å². The molecule has 3 nitrogen and oxygen atoms in total. The first kappa shape index (κ1) is 14.3. The van der Waals surface area contributed by atoms with Gasteiger partial charge in [0, 0.05) is 10.9 Å². The van der Waals surface area contributed by atoms with Crippen molar-refractivity contribution >= 4 is 39.8 Å². The summed E-state index contributed by atoms with van der Waals surface area (Å²) in [4.78, 5) is 12.1. The van der Waals surface area contributed by atoms with Gasteiger partial charge in [0.25, 0.3) is 5.91 Å². The fraction of sp³-hybridized carbons (Fsp3) is 0.214. The van der Waals surface area contributed by atoms with Crippen LogP contribution in [0.5, 0.6) is 5.75 Å². The number of rotatable bonds is 4. The molecule has 1 aromatic heterocycles. The van der Waals surface area contributed by atoms with Crippen LogP contribution in [0.25, 0.3) is 0 Å². The second-order valence-corrected chi connectivity index (χ2v) is 6.88. The zero-order valence-corrected chi connectivity index (χ0v) is 13.6. The van der Waals surface area contributed by atoms with Crippen molar-refractivity contribution in [3.63, 3.8) is 0 Å². The topological polar surface area (TPSA) is 38.3 Å². The maximum Gasteiger partial charge on any atom is 0.252 e. The molecule has 1 unspecified atom stereocenters. The average Bonchev–Trinajstić information content (AvgIpc) is 2.85. The van der Waals surface area contributed by atoms with Crippen LogP contribution in [0, 0.1) is 2.88 Å². The van der Waals surface area contributed by atoms with Crippen LogP contribution < -0.4 is 10.1 Å². The van der Waals surface area contributed by atoms with Crippen LogP contribution in [-0.4, -0.2) is 13.0 Å². The van der Waals surface area contributed by atoms with Gasteiger partial charge in [-0.3, -0.25) is 4.79 Å². The van der Waals surface area contributed by atoms with Gasteiger partial charge >= 0.3 is 0 Å². The summed E-state index contributed by atoms with van der Waals surface area (Å²) < 4.78 is 6.41. The Morgan fingerprint density at radius 3 is 2.79 bits per heavy atom. The zero-order valence-electron chi connectivity index (χ0n) is 10.6. The predicted molar refractivity (Wildman–Crippen MR) is 85.9 cm³/mol. The van der Waals surface area contributed by atoms with Gasteiger partial charge in [0.1, 0.15) is 5.75 Å². The Labute approximate surface area is 130 Å². The molecule has 0 fully saturated rings. The van der Waals surface area contributed by atoms with E-state index in [1.807, 2.05) is 42.6 Å². The van der Waals surface area contributed by atoms with E-state index in [2.05, 4.69) is 27.9 Å². The first-order valence-electron chi connectivity index (χ1n) is 5.79. The molecule has 0 saturated heterocycles. The van der Waals surface area contributed by atoms with E-state index in [9.17, 15) is 4.79 Å². The second kappa shape index (κ2) is 6.38. The fourth-order valence-electron chi connectivity index (χ4n) is 1.81. The largest absolute Gasteiger partial charge is 0.496 e. The number of thiophene rings is 1. The van der Waals surface area contributed by atoms with Gasteiger partial charge in [-0.15, -0.1) is 11.3 Å². The summed E-state index contributed by atoms with van der Waals surface area (Å²) in [7, 11) is 1.63. The zero-order chi connectivity index (χ0) is 13.8. The molecule has 1 atom stereocenters. The molecule has 0 radical (unpaired) electrons. The molecule has 0 aliphatic carbocycles. The normalized spacial score (nSPS) is 11.9. The van der Waals surface area contributed by atoms with Gasteiger partial charge in [-0.1, -0.05) is 18.2 Å². The molecule has 19 heavy (non-hydrogen) atoms. The summed E-state index contributed by atoms with van der Waals surface area (Å²) in [5.41, 5.74) is 1.68. The number of amides is 1. The number of carbonyl (C=O) groups excluding carboxylic acids is 1. The third-order valence-electron chi connectivity index (χ3n) is 2.78. The summed E-state index contributed by atoms with van der Waals surface area (Å²) in [5.74, 6) is 0.729. The van der Waals surface area contributed by atoms with Gasteiger partial charge in [0.15, 0.2) is 0 Å². The monoisotopic (exact) mass is 387 g/mol. The van der Waals surface area contributed by atoms with Gasteiger partial charge in [-0.25, -0.2) is 0 Å². The van der Waals surface area contributed by atoms with E-state index in [1.54, 1.807) is 18.4 Å². The van der Waals surface area contributed by atoms with Gasteiger partial charge < -0.3 is 10.1 Å². The highest BCUT2D eigenvalue weighted by Crippen LogP contribution is 2.25. The Morgan fingerprint density at radius 1 is 1.42 bits per heavy atom. The molecule has 1 amide bonds. The molecular weight excluding hydrogens is 373 g/mol. The Balaban J connectivity index is 2.12. The molecule has 0 spiro atoms. The lowest BCUT2D eigenvalue weighted by Gasteiger charge is -2.16. The minimum atomic E-state index is -0.0961. The highest BCUT2D eigenvalue weighted by Gasteiger charge is 2.15. The first-order valence-corrected chi connectivity index (χ1v) is 7.75. The lowest BCUT2D eigenvalue weighted by molar-refractivity contribution is 0.0940. The molecule has 2 aromatic rings. The van der Waals surface area contributed by atoms with Crippen molar-refractivity contribution in [3.05, 3.63) is 49.7 Å². The van der Waals surface area contributed by atoms with Gasteiger partial charge in [-0.05, 0) is 41.6 Å². The highest BCUT2D eigenvalue weighted by atomic mass is 127. The van der Waals surface area contributed by atoms with E-state index in [0.29, 0.717) is 5.56 Å². The van der Waals surface area contributed by atoms with Crippen molar-refractivity contribution in [1.29, 1.82) is 0 Å².